The Balaban J connectivity index is 1.88. The number of benzene rings is 2. The molecule has 2 aromatic carbocycles. The average molecular weight is 433 g/mol. The Morgan fingerprint density at radius 2 is 1.39 bits per heavy atom. The molecule has 1 atom stereocenters. The highest BCUT2D eigenvalue weighted by molar-refractivity contribution is 6.74. The second-order valence-corrected chi connectivity index (χ2v) is 14.6. The van der Waals surface area contributed by atoms with Crippen molar-refractivity contribution in [3.05, 3.63) is 102 Å². The van der Waals surface area contributed by atoms with Crippen molar-refractivity contribution in [3.8, 4) is 0 Å². The molecule has 0 saturated heterocycles. The van der Waals surface area contributed by atoms with Crippen molar-refractivity contribution in [2.45, 2.75) is 58.1 Å². The minimum Gasteiger partial charge on any atom is -0.409 e. The van der Waals surface area contributed by atoms with E-state index in [1.54, 1.807) is 0 Å². The van der Waals surface area contributed by atoms with E-state index in [-0.39, 0.29) is 11.1 Å². The van der Waals surface area contributed by atoms with Gasteiger partial charge in [-0.3, -0.25) is 9.88 Å². The lowest BCUT2D eigenvalue weighted by molar-refractivity contribution is 0.111. The van der Waals surface area contributed by atoms with E-state index in [0.717, 1.165) is 25.2 Å². The molecule has 31 heavy (non-hydrogen) atoms. The summed E-state index contributed by atoms with van der Waals surface area (Å²) in [5.74, 6) is 0. The van der Waals surface area contributed by atoms with E-state index in [2.05, 4.69) is 110 Å². The molecule has 0 spiro atoms. The molecule has 0 aliphatic rings. The lowest BCUT2D eigenvalue weighted by Crippen LogP contribution is -2.44. The summed E-state index contributed by atoms with van der Waals surface area (Å²) in [7, 11) is -1.96. The Labute approximate surface area is 189 Å². The highest BCUT2D eigenvalue weighted by atomic mass is 28.4. The van der Waals surface area contributed by atoms with Crippen molar-refractivity contribution >= 4 is 8.32 Å². The van der Waals surface area contributed by atoms with Crippen molar-refractivity contribution in [3.63, 3.8) is 0 Å². The molecule has 0 amide bonds. The molecule has 1 unspecified atom stereocenters. The van der Waals surface area contributed by atoms with E-state index in [9.17, 15) is 0 Å². The van der Waals surface area contributed by atoms with Crippen molar-refractivity contribution < 1.29 is 4.43 Å². The van der Waals surface area contributed by atoms with E-state index in [1.165, 1.54) is 11.1 Å². The number of hydrogen-bond donors (Lipinski definition) is 0. The first-order chi connectivity index (χ1) is 14.7. The van der Waals surface area contributed by atoms with Crippen LogP contribution >= 0.6 is 0 Å². The number of nitrogens with zero attached hydrogens (tertiary/aromatic N) is 2. The fourth-order valence-corrected chi connectivity index (χ4v) is 4.69. The summed E-state index contributed by atoms with van der Waals surface area (Å²) in [4.78, 5) is 6.89. The molecule has 3 rings (SSSR count). The number of rotatable bonds is 9. The van der Waals surface area contributed by atoms with Crippen LogP contribution in [0.3, 0.4) is 0 Å². The predicted molar refractivity (Wildman–Crippen MR) is 132 cm³/mol. The van der Waals surface area contributed by atoms with Gasteiger partial charge in [0.15, 0.2) is 8.32 Å². The molecule has 0 fully saturated rings. The zero-order chi connectivity index (χ0) is 22.3. The summed E-state index contributed by atoms with van der Waals surface area (Å²) < 4.78 is 6.95. The predicted octanol–water partition coefficient (Wildman–Crippen LogP) is 6.85. The summed E-state index contributed by atoms with van der Waals surface area (Å²) in [6, 6.07) is 25.6. The van der Waals surface area contributed by atoms with Gasteiger partial charge in [0, 0.05) is 32.0 Å². The van der Waals surface area contributed by atoms with Gasteiger partial charge < -0.3 is 4.43 Å². The van der Waals surface area contributed by atoms with E-state index in [0.29, 0.717) is 0 Å². The van der Waals surface area contributed by atoms with Crippen molar-refractivity contribution in [2.24, 2.45) is 0 Å². The molecule has 0 N–H and O–H groups in total. The Morgan fingerprint density at radius 3 is 1.84 bits per heavy atom. The normalized spacial score (nSPS) is 13.4. The van der Waals surface area contributed by atoms with Gasteiger partial charge in [0.25, 0.3) is 0 Å². The smallest absolute Gasteiger partial charge is 0.192 e. The lowest BCUT2D eigenvalue weighted by atomic mass is 10.1. The van der Waals surface area contributed by atoms with Crippen molar-refractivity contribution in [1.29, 1.82) is 0 Å². The van der Waals surface area contributed by atoms with E-state index >= 15 is 0 Å². The maximum atomic E-state index is 6.95. The Morgan fingerprint density at radius 1 is 0.839 bits per heavy atom. The van der Waals surface area contributed by atoms with E-state index < -0.39 is 8.32 Å². The maximum Gasteiger partial charge on any atom is 0.192 e. The van der Waals surface area contributed by atoms with Gasteiger partial charge in [-0.05, 0) is 40.9 Å². The van der Waals surface area contributed by atoms with E-state index in [1.807, 2.05) is 18.5 Å². The standard InChI is InChI=1S/C27H36N2OSi/c1-27(2,3)31(4,5)30-26(25-17-12-18-28-19-25)22-29(20-23-13-8-6-9-14-23)21-24-15-10-7-11-16-24/h6-19,26H,20-22H2,1-5H3. The van der Waals surface area contributed by atoms with Gasteiger partial charge in [-0.1, -0.05) is 87.5 Å². The van der Waals surface area contributed by atoms with E-state index in [4.69, 9.17) is 4.43 Å². The van der Waals surface area contributed by atoms with Crippen LogP contribution in [0.4, 0.5) is 0 Å². The highest BCUT2D eigenvalue weighted by Gasteiger charge is 2.39. The molecule has 1 aromatic heterocycles. The fraction of sp³-hybridized carbons (Fsp3) is 0.370. The molecular formula is C27H36N2OSi. The van der Waals surface area contributed by atoms with Gasteiger partial charge in [-0.2, -0.15) is 0 Å². The van der Waals surface area contributed by atoms with Crippen molar-refractivity contribution in [1.82, 2.24) is 9.88 Å². The van der Waals surface area contributed by atoms with Crippen LogP contribution in [-0.4, -0.2) is 24.7 Å². The second kappa shape index (κ2) is 10.4. The first-order valence-corrected chi connectivity index (χ1v) is 14.0. The van der Waals surface area contributed by atoms with Crippen LogP contribution in [0.5, 0.6) is 0 Å². The first-order valence-electron chi connectivity index (χ1n) is 11.1. The highest BCUT2D eigenvalue weighted by Crippen LogP contribution is 2.40. The molecule has 0 aliphatic carbocycles. The minimum atomic E-state index is -1.96. The number of hydrogen-bond acceptors (Lipinski definition) is 3. The molecule has 4 heteroatoms. The van der Waals surface area contributed by atoms with Crippen LogP contribution in [0, 0.1) is 0 Å². The first kappa shape index (κ1) is 23.4. The SMILES string of the molecule is CC(C)(C)[Si](C)(C)OC(CN(Cc1ccccc1)Cc1ccccc1)c1cccnc1. The molecule has 3 aromatic rings. The molecular weight excluding hydrogens is 396 g/mol. The van der Waals surface area contributed by atoms with Gasteiger partial charge in [0.1, 0.15) is 0 Å². The molecule has 0 radical (unpaired) electrons. The summed E-state index contributed by atoms with van der Waals surface area (Å²) in [6.07, 6.45) is 3.78. The molecule has 0 saturated carbocycles. The molecule has 1 heterocycles. The zero-order valence-corrected chi connectivity index (χ0v) is 20.6. The van der Waals surface area contributed by atoms with Gasteiger partial charge in [-0.15, -0.1) is 0 Å². The van der Waals surface area contributed by atoms with Crippen LogP contribution < -0.4 is 0 Å². The molecule has 0 bridgehead atoms. The largest absolute Gasteiger partial charge is 0.409 e. The summed E-state index contributed by atoms with van der Waals surface area (Å²) >= 11 is 0. The zero-order valence-electron chi connectivity index (χ0n) is 19.6. The fourth-order valence-electron chi connectivity index (χ4n) is 3.41. The number of pyridine rings is 1. The quantitative estimate of drug-likeness (QED) is 0.346. The number of aromatic nitrogens is 1. The summed E-state index contributed by atoms with van der Waals surface area (Å²) in [5.41, 5.74) is 3.78. The lowest BCUT2D eigenvalue weighted by Gasteiger charge is -2.40. The maximum absolute atomic E-state index is 6.95. The Bertz CT molecular complexity index is 867. The van der Waals surface area contributed by atoms with Gasteiger partial charge >= 0.3 is 0 Å². The van der Waals surface area contributed by atoms with Crippen LogP contribution in [0.1, 0.15) is 43.6 Å². The van der Waals surface area contributed by atoms with Crippen molar-refractivity contribution in [2.75, 3.05) is 6.54 Å². The van der Waals surface area contributed by atoms with Crippen LogP contribution in [0.2, 0.25) is 18.1 Å². The van der Waals surface area contributed by atoms with Gasteiger partial charge in [0.05, 0.1) is 6.10 Å². The summed E-state index contributed by atoms with van der Waals surface area (Å²) in [5, 5.41) is 0.150. The summed E-state index contributed by atoms with van der Waals surface area (Å²) in [6.45, 7) is 14.1. The Kier molecular flexibility index (Phi) is 7.82. The topological polar surface area (TPSA) is 25.4 Å². The van der Waals surface area contributed by atoms with Gasteiger partial charge in [-0.25, -0.2) is 0 Å². The van der Waals surface area contributed by atoms with Crippen LogP contribution in [0.25, 0.3) is 0 Å². The average Bonchev–Trinajstić information content (AvgIpc) is 2.74. The third-order valence-corrected chi connectivity index (χ3v) is 10.7. The van der Waals surface area contributed by atoms with Crippen LogP contribution in [0.15, 0.2) is 85.2 Å². The Hall–Kier alpha value is -2.27. The third kappa shape index (κ3) is 6.86. The van der Waals surface area contributed by atoms with Crippen LogP contribution in [-0.2, 0) is 17.5 Å². The molecule has 164 valence electrons. The molecule has 0 aliphatic heterocycles. The third-order valence-electron chi connectivity index (χ3n) is 6.22. The van der Waals surface area contributed by atoms with Gasteiger partial charge in [0.2, 0.25) is 0 Å². The molecule has 3 nitrogen and oxygen atoms in total. The second-order valence-electron chi connectivity index (χ2n) is 9.79. The monoisotopic (exact) mass is 432 g/mol. The minimum absolute atomic E-state index is 0.0120.